The molecule has 2 aromatic carbocycles. The van der Waals surface area contributed by atoms with Gasteiger partial charge in [0, 0.05) is 80.6 Å². The third-order valence-electron chi connectivity index (χ3n) is 18.3. The van der Waals surface area contributed by atoms with Crippen molar-refractivity contribution < 1.29 is 66.9 Å². The first-order chi connectivity index (χ1) is 42.7. The van der Waals surface area contributed by atoms with Crippen molar-refractivity contribution in [3.8, 4) is 0 Å². The van der Waals surface area contributed by atoms with E-state index in [2.05, 4.69) is 28.1 Å². The van der Waals surface area contributed by atoms with Gasteiger partial charge in [-0.1, -0.05) is 69.2 Å². The van der Waals surface area contributed by atoms with E-state index in [9.17, 15) is 57.8 Å². The van der Waals surface area contributed by atoms with E-state index in [0.717, 1.165) is 33.4 Å². The lowest BCUT2D eigenvalue weighted by Gasteiger charge is -2.37. The smallest absolute Gasteiger partial charge is 0.343 e. The van der Waals surface area contributed by atoms with Gasteiger partial charge in [0.05, 0.1) is 25.1 Å². The number of carbonyl (C=O) groups is 10. The summed E-state index contributed by atoms with van der Waals surface area (Å²) in [6, 6.07) is 11.6. The van der Waals surface area contributed by atoms with Crippen LogP contribution in [0, 0.1) is 36.4 Å². The molecule has 2 aliphatic carbocycles. The fourth-order valence-corrected chi connectivity index (χ4v) is 13.5. The largest absolute Gasteiger partial charge is 0.460 e. The van der Waals surface area contributed by atoms with Crippen LogP contribution in [0.5, 0.6) is 0 Å². The number of pyridine rings is 1. The van der Waals surface area contributed by atoms with Gasteiger partial charge in [0.2, 0.25) is 35.4 Å². The minimum absolute atomic E-state index is 0.00175. The molecule has 7 atom stereocenters. The summed E-state index contributed by atoms with van der Waals surface area (Å²) < 4.78 is 28.5. The van der Waals surface area contributed by atoms with Gasteiger partial charge in [0.25, 0.3) is 5.56 Å². The number of esters is 2. The van der Waals surface area contributed by atoms with Crippen LogP contribution in [-0.4, -0.2) is 105 Å². The molecule has 5 aliphatic rings. The number of cyclic esters (lactones) is 1. The number of hydrogen-bond acceptors (Lipinski definition) is 14. The minimum atomic E-state index is -1.97. The highest BCUT2D eigenvalue weighted by molar-refractivity contribution is 6.02. The molecule has 6 amide bonds. The molecule has 21 heteroatoms. The lowest BCUT2D eigenvalue weighted by Crippen LogP contribution is -2.50. The summed E-state index contributed by atoms with van der Waals surface area (Å²) in [5.74, 6) is -6.33. The summed E-state index contributed by atoms with van der Waals surface area (Å²) in [4.78, 5) is 144. The van der Waals surface area contributed by atoms with Gasteiger partial charge in [0.1, 0.15) is 29.9 Å². The molecule has 1 aromatic heterocycles. The average molecular weight is 1240 g/mol. The first-order valence-corrected chi connectivity index (χ1v) is 31.9. The van der Waals surface area contributed by atoms with E-state index < -0.39 is 71.7 Å². The van der Waals surface area contributed by atoms with E-state index in [0.29, 0.717) is 88.4 Å². The highest BCUT2D eigenvalue weighted by atomic mass is 19.1. The minimum Gasteiger partial charge on any atom is -0.460 e. The number of rotatable bonds is 30. The van der Waals surface area contributed by atoms with Gasteiger partial charge in [-0.25, -0.2) is 9.18 Å². The number of fused-ring (bicyclic) bond motifs is 4. The summed E-state index contributed by atoms with van der Waals surface area (Å²) in [7, 11) is 0. The van der Waals surface area contributed by atoms with Gasteiger partial charge in [-0.2, -0.15) is 0 Å². The second-order valence-corrected chi connectivity index (χ2v) is 26.0. The van der Waals surface area contributed by atoms with Crippen molar-refractivity contribution in [2.45, 2.75) is 200 Å². The van der Waals surface area contributed by atoms with Crippen LogP contribution in [0.1, 0.15) is 194 Å². The number of aromatic nitrogens is 1. The molecule has 0 saturated carbocycles. The van der Waals surface area contributed by atoms with Crippen molar-refractivity contribution >= 4 is 70.1 Å². The van der Waals surface area contributed by atoms with Crippen LogP contribution >= 0.6 is 0 Å². The van der Waals surface area contributed by atoms with Crippen molar-refractivity contribution in [3.63, 3.8) is 0 Å². The topological polar surface area (TPSA) is 297 Å². The van der Waals surface area contributed by atoms with Crippen LogP contribution in [0.3, 0.4) is 0 Å². The van der Waals surface area contributed by atoms with Crippen molar-refractivity contribution in [2.24, 2.45) is 29.4 Å². The number of Topliss-reactive ketones (excluding diaryl/α,β-unsaturated/α-hetero) is 2. The number of ether oxygens (including phenoxy) is 2. The zero-order chi connectivity index (χ0) is 65.2. The molecular weight excluding hydrogens is 1160 g/mol. The van der Waals surface area contributed by atoms with E-state index in [1.807, 2.05) is 37.3 Å². The second-order valence-electron chi connectivity index (χ2n) is 26.0. The monoisotopic (exact) mass is 1240 g/mol. The molecule has 4 heterocycles. The number of ketones is 2. The van der Waals surface area contributed by atoms with E-state index >= 15 is 4.39 Å². The van der Waals surface area contributed by atoms with Crippen LogP contribution in [0.25, 0.3) is 11.1 Å². The zero-order valence-corrected chi connectivity index (χ0v) is 52.7. The molecule has 1 fully saturated rings. The summed E-state index contributed by atoms with van der Waals surface area (Å²) in [5, 5.41) is 19.0. The van der Waals surface area contributed by atoms with Crippen LogP contribution in [-0.2, 0) is 89.0 Å². The van der Waals surface area contributed by atoms with Crippen molar-refractivity contribution in [3.05, 3.63) is 115 Å². The maximum Gasteiger partial charge on any atom is 0.343 e. The Morgan fingerprint density at radius 2 is 1.57 bits per heavy atom. The molecular formula is C69H87FN6O14. The fourth-order valence-electron chi connectivity index (χ4n) is 13.5. The third kappa shape index (κ3) is 16.7. The Kier molecular flexibility index (Phi) is 22.5. The molecule has 3 aromatic rings. The first-order valence-electron chi connectivity index (χ1n) is 31.9. The van der Waals surface area contributed by atoms with Crippen LogP contribution < -0.4 is 27.2 Å². The fraction of sp³-hybridized carbons (Fsp3) is 0.551. The maximum absolute atomic E-state index is 16.2. The molecule has 0 spiro atoms. The summed E-state index contributed by atoms with van der Waals surface area (Å²) in [6.07, 6.45) is 9.98. The number of hydrogen-bond donors (Lipinski definition) is 5. The Hall–Kier alpha value is -7.94. The third-order valence-corrected chi connectivity index (χ3v) is 18.3. The molecule has 4 unspecified atom stereocenters. The van der Waals surface area contributed by atoms with Crippen molar-refractivity contribution in [1.29, 1.82) is 0 Å². The predicted octanol–water partition coefficient (Wildman–Crippen LogP) is 7.10. The number of primary amides is 1. The van der Waals surface area contributed by atoms with Gasteiger partial charge in [-0.05, 0) is 155 Å². The van der Waals surface area contributed by atoms with Gasteiger partial charge in [-0.3, -0.25) is 52.8 Å². The number of nitrogens with two attached hydrogens (primary N) is 1. The standard InChI is InChI=1S/C69H87FN6O14/c1-7-69(88)53-34-56-51-27-40(2)49-33-54(70)41(3)50-31-45(29-46(64(49)50)30-47(51)38-76(56)66(86)52(53)39-89-67(69)87)43(32-58(71)79)19-13-14-22-57(78)44(28-42-17-10-8-11-18-42)20-16-21-48(77)36-72-60(81)37-73-65(85)55(35-63(84)90-68(4,5)6)74-59(80)23-12-9-15-26-75-61(82)24-25-62(75)83/h8,10-11,17-18,27,30,33-34,40,43-45,47,55,88H,7,9,12-16,19-26,28-29,31-32,35-39H2,1-6H3,(H2,71,79)(H,72,81)(H,73,85)(H,74,80)/b46-30-,51-27?/t40?,43?,44-,45?,47?,55-,69-/m0/s1. The lowest BCUT2D eigenvalue weighted by molar-refractivity contribution is -0.172. The molecule has 20 nitrogen and oxygen atoms in total. The highest BCUT2D eigenvalue weighted by Gasteiger charge is 2.46. The summed E-state index contributed by atoms with van der Waals surface area (Å²) in [5.41, 5.74) is 9.86. The molecule has 0 radical (unpaired) electrons. The van der Waals surface area contributed by atoms with Crippen LogP contribution in [0.15, 0.2) is 59.4 Å². The average Bonchev–Trinajstić information content (AvgIpc) is 1.41. The number of allylic oxidation sites excluding steroid dienone is 4. The molecule has 1 saturated heterocycles. The molecule has 3 aliphatic heterocycles. The summed E-state index contributed by atoms with van der Waals surface area (Å²) >= 11 is 0. The number of amides is 6. The predicted molar refractivity (Wildman–Crippen MR) is 332 cm³/mol. The number of aliphatic hydroxyl groups is 1. The van der Waals surface area contributed by atoms with Gasteiger partial charge >= 0.3 is 11.9 Å². The van der Waals surface area contributed by atoms with Crippen molar-refractivity contribution in [1.82, 2.24) is 25.4 Å². The zero-order valence-electron chi connectivity index (χ0n) is 52.7. The normalized spacial score (nSPS) is 20.7. The molecule has 0 bridgehead atoms. The van der Waals surface area contributed by atoms with Gasteiger partial charge < -0.3 is 40.8 Å². The number of halogens is 1. The first kappa shape index (κ1) is 68.0. The number of carbonyl (C=O) groups excluding carboxylic acids is 10. The van der Waals surface area contributed by atoms with Crippen LogP contribution in [0.2, 0.25) is 0 Å². The quantitative estimate of drug-likeness (QED) is 0.0253. The van der Waals surface area contributed by atoms with Gasteiger partial charge in [-0.15, -0.1) is 0 Å². The molecule has 90 heavy (non-hydrogen) atoms. The number of nitrogens with zero attached hydrogens (tertiary/aromatic N) is 2. The van der Waals surface area contributed by atoms with Gasteiger partial charge in [0.15, 0.2) is 11.4 Å². The maximum atomic E-state index is 16.2. The number of benzene rings is 2. The second kappa shape index (κ2) is 29.8. The number of imide groups is 1. The number of likely N-dealkylation sites (tertiary alicyclic amines) is 1. The summed E-state index contributed by atoms with van der Waals surface area (Å²) in [6.45, 7) is 9.85. The van der Waals surface area contributed by atoms with E-state index in [1.54, 1.807) is 51.3 Å². The van der Waals surface area contributed by atoms with E-state index in [4.69, 9.17) is 15.2 Å². The molecule has 8 rings (SSSR count). The molecule has 6 N–H and O–H groups in total. The highest BCUT2D eigenvalue weighted by Crippen LogP contribution is 2.50. The Labute approximate surface area is 524 Å². The number of nitrogens with one attached hydrogen (secondary N) is 3. The SMILES string of the molecule is CC[C@@]1(O)C(=O)OCc2c1cc1n(c2=O)CC2/C=C3/CC(C(CCCCC(=O)[C@@H](CCCC(=O)CNC(=O)CNC(=O)[C@H](CC(=O)OC(C)(C)C)NC(=O)CCCCCN4C(=O)CCC4=O)Cc4ccccc4)CC(N)=O)Cc4c(C)c(F)cc(c43)C(C)C=C12. The Balaban J connectivity index is 0.844. The van der Waals surface area contributed by atoms with Crippen LogP contribution in [0.4, 0.5) is 4.39 Å². The Morgan fingerprint density at radius 1 is 0.844 bits per heavy atom. The van der Waals surface area contributed by atoms with Crippen molar-refractivity contribution in [2.75, 3.05) is 19.6 Å². The van der Waals surface area contributed by atoms with E-state index in [1.165, 1.54) is 4.90 Å². The Morgan fingerprint density at radius 3 is 2.27 bits per heavy atom. The Bertz CT molecular complexity index is 3400. The van der Waals surface area contributed by atoms with E-state index in [-0.39, 0.29) is 134 Å². The molecule has 484 valence electrons. The number of unbranched alkanes of at least 4 members (excludes halogenated alkanes) is 3. The lowest BCUT2D eigenvalue weighted by atomic mass is 9.68.